The van der Waals surface area contributed by atoms with Crippen molar-refractivity contribution in [3.63, 3.8) is 0 Å². The van der Waals surface area contributed by atoms with E-state index in [2.05, 4.69) is 0 Å². The van der Waals surface area contributed by atoms with Crippen molar-refractivity contribution >= 4 is 21.4 Å². The molecule has 5 rings (SSSR count). The molecule has 1 aromatic carbocycles. The molecular weight excluding hydrogens is 461 g/mol. The fourth-order valence-electron chi connectivity index (χ4n) is 4.79. The summed E-state index contributed by atoms with van der Waals surface area (Å²) in [6.07, 6.45) is -3.89. The van der Waals surface area contributed by atoms with E-state index in [1.807, 2.05) is 17.5 Å². The maximum absolute atomic E-state index is 13.3. The molecule has 168 valence electrons. The molecule has 2 aliphatic rings. The molecule has 0 amide bonds. The Morgan fingerprint density at radius 2 is 1.81 bits per heavy atom. The number of pyridine rings is 1. The van der Waals surface area contributed by atoms with Crippen molar-refractivity contribution in [1.29, 1.82) is 0 Å². The molecule has 0 spiro atoms. The van der Waals surface area contributed by atoms with Gasteiger partial charge >= 0.3 is 6.18 Å². The minimum absolute atomic E-state index is 0.0851. The highest BCUT2D eigenvalue weighted by Gasteiger charge is 2.41. The summed E-state index contributed by atoms with van der Waals surface area (Å²) < 4.78 is 69.0. The lowest BCUT2D eigenvalue weighted by molar-refractivity contribution is -0.137. The number of thiophene rings is 1. The molecule has 4 heterocycles. The fourth-order valence-corrected chi connectivity index (χ4v) is 7.16. The van der Waals surface area contributed by atoms with Crippen molar-refractivity contribution in [3.8, 4) is 10.4 Å². The maximum Gasteiger partial charge on any atom is 0.416 e. The fraction of sp³-hybridized carbons (Fsp3) is 0.318. The SMILES string of the molecule is O=c1ccc(-c2cccs2)c2n1C[C@H]1C[C@@H]2CN(S(=O)(=O)c2cccc(C(F)(F)F)c2)C1. The summed E-state index contributed by atoms with van der Waals surface area (Å²) in [7, 11) is -4.12. The zero-order chi connectivity index (χ0) is 22.7. The average molecular weight is 481 g/mol. The number of hydrogen-bond donors (Lipinski definition) is 0. The summed E-state index contributed by atoms with van der Waals surface area (Å²) in [5, 5.41) is 1.94. The van der Waals surface area contributed by atoms with Gasteiger partial charge in [0.25, 0.3) is 5.56 Å². The molecule has 32 heavy (non-hydrogen) atoms. The summed E-state index contributed by atoms with van der Waals surface area (Å²) in [5.74, 6) is -0.299. The first kappa shape index (κ1) is 21.4. The van der Waals surface area contributed by atoms with Crippen LogP contribution in [-0.4, -0.2) is 30.4 Å². The topological polar surface area (TPSA) is 59.4 Å². The summed E-state index contributed by atoms with van der Waals surface area (Å²) in [4.78, 5) is 13.2. The van der Waals surface area contributed by atoms with Crippen LogP contribution in [0.1, 0.15) is 23.6 Å². The van der Waals surface area contributed by atoms with Crippen molar-refractivity contribution in [1.82, 2.24) is 8.87 Å². The Morgan fingerprint density at radius 3 is 2.53 bits per heavy atom. The van der Waals surface area contributed by atoms with Crippen molar-refractivity contribution in [2.75, 3.05) is 13.1 Å². The lowest BCUT2D eigenvalue weighted by Gasteiger charge is -2.42. The van der Waals surface area contributed by atoms with Crippen LogP contribution in [0.2, 0.25) is 0 Å². The van der Waals surface area contributed by atoms with Gasteiger partial charge in [-0.2, -0.15) is 17.5 Å². The van der Waals surface area contributed by atoms with Gasteiger partial charge in [0.1, 0.15) is 0 Å². The Balaban J connectivity index is 1.54. The second kappa shape index (κ2) is 7.57. The lowest BCUT2D eigenvalue weighted by Crippen LogP contribution is -2.49. The van der Waals surface area contributed by atoms with E-state index < -0.39 is 21.8 Å². The number of rotatable bonds is 3. The van der Waals surface area contributed by atoms with Gasteiger partial charge in [0.05, 0.1) is 10.5 Å². The molecule has 0 unspecified atom stereocenters. The highest BCUT2D eigenvalue weighted by atomic mass is 32.2. The Morgan fingerprint density at radius 1 is 1.00 bits per heavy atom. The number of fused-ring (bicyclic) bond motifs is 4. The Labute approximate surface area is 186 Å². The number of hydrogen-bond acceptors (Lipinski definition) is 4. The zero-order valence-corrected chi connectivity index (χ0v) is 18.4. The molecule has 0 saturated carbocycles. The molecule has 10 heteroatoms. The molecule has 5 nitrogen and oxygen atoms in total. The van der Waals surface area contributed by atoms with Crippen LogP contribution in [0, 0.1) is 5.92 Å². The highest BCUT2D eigenvalue weighted by molar-refractivity contribution is 7.89. The molecular formula is C22H19F3N2O3S2. The third-order valence-electron chi connectivity index (χ3n) is 6.14. The van der Waals surface area contributed by atoms with Gasteiger partial charge in [0.2, 0.25) is 10.0 Å². The van der Waals surface area contributed by atoms with Crippen molar-refractivity contribution < 1.29 is 21.6 Å². The smallest absolute Gasteiger partial charge is 0.311 e. The van der Waals surface area contributed by atoms with Crippen molar-refractivity contribution in [2.24, 2.45) is 5.92 Å². The predicted octanol–water partition coefficient (Wildman–Crippen LogP) is 4.40. The van der Waals surface area contributed by atoms with Crippen LogP contribution in [0.3, 0.4) is 0 Å². The van der Waals surface area contributed by atoms with Crippen LogP contribution in [0.15, 0.2) is 63.6 Å². The number of halogens is 3. The molecule has 2 aliphatic heterocycles. The van der Waals surface area contributed by atoms with E-state index in [0.717, 1.165) is 34.7 Å². The Kier molecular flexibility index (Phi) is 5.06. The highest BCUT2D eigenvalue weighted by Crippen LogP contribution is 2.42. The van der Waals surface area contributed by atoms with E-state index in [1.165, 1.54) is 27.8 Å². The number of nitrogens with zero attached hydrogens (tertiary/aromatic N) is 2. The standard InChI is InChI=1S/C22H19F3N2O3S2/c23-22(24,25)16-3-1-4-17(10-16)32(29,30)26-11-14-9-15(13-26)21-18(19-5-2-8-31-19)6-7-20(28)27(21)12-14/h1-8,10,14-15H,9,11-13H2/t14-,15+/m0/s1. The van der Waals surface area contributed by atoms with E-state index in [1.54, 1.807) is 10.6 Å². The molecule has 1 fully saturated rings. The maximum atomic E-state index is 13.3. The van der Waals surface area contributed by atoms with Gasteiger partial charge in [-0.05, 0) is 48.1 Å². The van der Waals surface area contributed by atoms with Crippen LogP contribution < -0.4 is 5.56 Å². The second-order valence-electron chi connectivity index (χ2n) is 8.20. The molecule has 0 radical (unpaired) electrons. The van der Waals surface area contributed by atoms with Gasteiger partial charge in [-0.1, -0.05) is 12.1 Å². The summed E-state index contributed by atoms with van der Waals surface area (Å²) in [6.45, 7) is 0.680. The second-order valence-corrected chi connectivity index (χ2v) is 11.1. The molecule has 2 bridgehead atoms. The zero-order valence-electron chi connectivity index (χ0n) is 16.7. The number of sulfonamides is 1. The van der Waals surface area contributed by atoms with Gasteiger partial charge < -0.3 is 4.57 Å². The van der Waals surface area contributed by atoms with Crippen molar-refractivity contribution in [3.05, 3.63) is 75.5 Å². The van der Waals surface area contributed by atoms with Gasteiger partial charge in [-0.3, -0.25) is 4.79 Å². The quantitative estimate of drug-likeness (QED) is 0.558. The summed E-state index contributed by atoms with van der Waals surface area (Å²) in [5.41, 5.74) is 0.596. The minimum Gasteiger partial charge on any atom is -0.311 e. The van der Waals surface area contributed by atoms with Gasteiger partial charge in [0.15, 0.2) is 0 Å². The van der Waals surface area contributed by atoms with Crippen LogP contribution in [-0.2, 0) is 22.7 Å². The molecule has 1 saturated heterocycles. The monoisotopic (exact) mass is 480 g/mol. The van der Waals surface area contributed by atoms with Gasteiger partial charge in [-0.25, -0.2) is 8.42 Å². The van der Waals surface area contributed by atoms with E-state index in [4.69, 9.17) is 0 Å². The first-order chi connectivity index (χ1) is 15.1. The van der Waals surface area contributed by atoms with Crippen molar-refractivity contribution in [2.45, 2.75) is 30.0 Å². The number of piperidine rings is 1. The molecule has 2 atom stereocenters. The molecule has 3 aromatic rings. The van der Waals surface area contributed by atoms with E-state index in [9.17, 15) is 26.4 Å². The average Bonchev–Trinajstić information content (AvgIpc) is 3.28. The van der Waals surface area contributed by atoms with Gasteiger partial charge in [0, 0.05) is 47.8 Å². The van der Waals surface area contributed by atoms with Crippen LogP contribution in [0.25, 0.3) is 10.4 Å². The van der Waals surface area contributed by atoms with E-state index >= 15 is 0 Å². The lowest BCUT2D eigenvalue weighted by atomic mass is 9.82. The van der Waals surface area contributed by atoms with E-state index in [0.29, 0.717) is 12.6 Å². The molecule has 0 N–H and O–H groups in total. The van der Waals surface area contributed by atoms with Gasteiger partial charge in [-0.15, -0.1) is 11.3 Å². The molecule has 0 aliphatic carbocycles. The van der Waals surface area contributed by atoms with Crippen LogP contribution in [0.5, 0.6) is 0 Å². The Bertz CT molecular complexity index is 1330. The molecule has 2 aromatic heterocycles. The largest absolute Gasteiger partial charge is 0.416 e. The van der Waals surface area contributed by atoms with Crippen LogP contribution >= 0.6 is 11.3 Å². The number of alkyl halides is 3. The third-order valence-corrected chi connectivity index (χ3v) is 8.87. The summed E-state index contributed by atoms with van der Waals surface area (Å²) in [6, 6.07) is 11.1. The first-order valence-electron chi connectivity index (χ1n) is 10.1. The van der Waals surface area contributed by atoms with Crippen LogP contribution in [0.4, 0.5) is 13.2 Å². The number of aromatic nitrogens is 1. The predicted molar refractivity (Wildman–Crippen MR) is 115 cm³/mol. The Hall–Kier alpha value is -2.43. The summed E-state index contributed by atoms with van der Waals surface area (Å²) >= 11 is 1.54. The van der Waals surface area contributed by atoms with E-state index in [-0.39, 0.29) is 35.4 Å². The minimum atomic E-state index is -4.63. The first-order valence-corrected chi connectivity index (χ1v) is 12.4. The third kappa shape index (κ3) is 3.60. The normalized spacial score (nSPS) is 21.3. The number of benzene rings is 1.